The molecule has 0 saturated heterocycles. The lowest BCUT2D eigenvalue weighted by atomic mass is 10.2. The molecule has 19 heavy (non-hydrogen) atoms. The molecule has 6 heteroatoms. The summed E-state index contributed by atoms with van der Waals surface area (Å²) >= 11 is 2.91. The summed E-state index contributed by atoms with van der Waals surface area (Å²) in [5.74, 6) is -0.771. The average molecular weight is 296 g/mol. The predicted octanol–water partition coefficient (Wildman–Crippen LogP) is 3.87. The largest absolute Gasteiger partial charge is 0.480 e. The van der Waals surface area contributed by atoms with Gasteiger partial charge in [0.05, 0.1) is 5.69 Å². The van der Waals surface area contributed by atoms with Gasteiger partial charge in [-0.1, -0.05) is 31.5 Å². The van der Waals surface area contributed by atoms with Gasteiger partial charge in [0.25, 0.3) is 0 Å². The first kappa shape index (κ1) is 14.1. The lowest BCUT2D eigenvalue weighted by Gasteiger charge is -2.08. The monoisotopic (exact) mass is 296 g/mol. The summed E-state index contributed by atoms with van der Waals surface area (Å²) < 4.78 is 0. The molecular formula is C13H16N2O2S2. The minimum atomic E-state index is -0.771. The highest BCUT2D eigenvalue weighted by atomic mass is 32.2. The Morgan fingerprint density at radius 3 is 3.11 bits per heavy atom. The number of carboxylic acid groups (broad SMARTS) is 1. The van der Waals surface area contributed by atoms with Crippen molar-refractivity contribution in [1.82, 2.24) is 9.97 Å². The standard InChI is InChI=1S/C13H16N2O2S2/c1-2-3-4-11(12(16)17)19-13-14-7-10(15-13)9-5-6-18-8-9/h5-8,11H,2-4H2,1H3,(H,14,15)(H,16,17). The molecule has 2 aromatic heterocycles. The molecule has 0 fully saturated rings. The van der Waals surface area contributed by atoms with Gasteiger partial charge in [0.2, 0.25) is 0 Å². The van der Waals surface area contributed by atoms with Gasteiger partial charge < -0.3 is 10.1 Å². The Hall–Kier alpha value is -1.27. The van der Waals surface area contributed by atoms with Crippen molar-refractivity contribution in [2.75, 3.05) is 0 Å². The van der Waals surface area contributed by atoms with Crippen LogP contribution in [0.15, 0.2) is 28.2 Å². The first-order valence-electron chi connectivity index (χ1n) is 6.18. The van der Waals surface area contributed by atoms with Crippen LogP contribution in [0, 0.1) is 0 Å². The van der Waals surface area contributed by atoms with Gasteiger partial charge in [-0.15, -0.1) is 0 Å². The van der Waals surface area contributed by atoms with Crippen LogP contribution in [-0.4, -0.2) is 26.3 Å². The van der Waals surface area contributed by atoms with Crippen LogP contribution in [0.1, 0.15) is 26.2 Å². The van der Waals surface area contributed by atoms with Crippen LogP contribution in [-0.2, 0) is 4.79 Å². The van der Waals surface area contributed by atoms with Gasteiger partial charge in [-0.25, -0.2) is 4.98 Å². The van der Waals surface area contributed by atoms with E-state index >= 15 is 0 Å². The van der Waals surface area contributed by atoms with Crippen LogP contribution in [0.25, 0.3) is 11.3 Å². The van der Waals surface area contributed by atoms with Crippen LogP contribution in [0.3, 0.4) is 0 Å². The third-order valence-corrected chi connectivity index (χ3v) is 4.56. The van der Waals surface area contributed by atoms with Crippen molar-refractivity contribution >= 4 is 29.1 Å². The van der Waals surface area contributed by atoms with Crippen molar-refractivity contribution in [3.8, 4) is 11.3 Å². The second-order valence-corrected chi connectivity index (χ2v) is 6.16. The number of thiophene rings is 1. The summed E-state index contributed by atoms with van der Waals surface area (Å²) in [6.45, 7) is 2.06. The molecule has 1 unspecified atom stereocenters. The Kier molecular flexibility index (Phi) is 5.04. The van der Waals surface area contributed by atoms with Gasteiger partial charge in [0, 0.05) is 17.1 Å². The van der Waals surface area contributed by atoms with Crippen molar-refractivity contribution in [2.24, 2.45) is 0 Å². The van der Waals surface area contributed by atoms with Crippen LogP contribution < -0.4 is 0 Å². The average Bonchev–Trinajstić information content (AvgIpc) is 3.04. The quantitative estimate of drug-likeness (QED) is 0.761. The summed E-state index contributed by atoms with van der Waals surface area (Å²) in [7, 11) is 0. The SMILES string of the molecule is CCCCC(Sc1nc(-c2ccsc2)c[nH]1)C(=O)O. The predicted molar refractivity (Wildman–Crippen MR) is 78.7 cm³/mol. The maximum atomic E-state index is 11.2. The van der Waals surface area contributed by atoms with E-state index in [9.17, 15) is 9.90 Å². The topological polar surface area (TPSA) is 66.0 Å². The van der Waals surface area contributed by atoms with Crippen LogP contribution >= 0.6 is 23.1 Å². The molecule has 2 heterocycles. The lowest BCUT2D eigenvalue weighted by molar-refractivity contribution is -0.136. The van der Waals surface area contributed by atoms with Gasteiger partial charge >= 0.3 is 5.97 Å². The number of nitrogens with one attached hydrogen (secondary N) is 1. The van der Waals surface area contributed by atoms with E-state index in [0.29, 0.717) is 11.6 Å². The van der Waals surface area contributed by atoms with Crippen molar-refractivity contribution in [3.05, 3.63) is 23.0 Å². The van der Waals surface area contributed by atoms with E-state index < -0.39 is 11.2 Å². The second-order valence-electron chi connectivity index (χ2n) is 4.19. The molecule has 0 saturated carbocycles. The van der Waals surface area contributed by atoms with Gasteiger partial charge in [-0.2, -0.15) is 11.3 Å². The van der Waals surface area contributed by atoms with E-state index in [4.69, 9.17) is 0 Å². The van der Waals surface area contributed by atoms with E-state index in [1.165, 1.54) is 11.8 Å². The number of carboxylic acids is 1. The molecule has 0 aliphatic carbocycles. The second kappa shape index (κ2) is 6.77. The number of hydrogen-bond donors (Lipinski definition) is 2. The van der Waals surface area contributed by atoms with Crippen molar-refractivity contribution in [1.29, 1.82) is 0 Å². The number of aromatic nitrogens is 2. The highest BCUT2D eigenvalue weighted by Gasteiger charge is 2.20. The number of imidazole rings is 1. The fourth-order valence-corrected chi connectivity index (χ4v) is 3.26. The molecule has 0 amide bonds. The van der Waals surface area contributed by atoms with Gasteiger partial charge in [-0.3, -0.25) is 4.79 Å². The molecule has 0 bridgehead atoms. The molecule has 2 aromatic rings. The van der Waals surface area contributed by atoms with Crippen LogP contribution in [0.2, 0.25) is 0 Å². The fraction of sp³-hybridized carbons (Fsp3) is 0.385. The molecule has 1 atom stereocenters. The van der Waals surface area contributed by atoms with Gasteiger partial charge in [0.15, 0.2) is 5.16 Å². The number of aromatic amines is 1. The zero-order valence-corrected chi connectivity index (χ0v) is 12.3. The Balaban J connectivity index is 2.03. The van der Waals surface area contributed by atoms with Crippen molar-refractivity contribution in [2.45, 2.75) is 36.6 Å². The molecule has 2 rings (SSSR count). The third kappa shape index (κ3) is 3.84. The first-order chi connectivity index (χ1) is 9.20. The van der Waals surface area contributed by atoms with E-state index in [-0.39, 0.29) is 0 Å². The van der Waals surface area contributed by atoms with E-state index in [1.807, 2.05) is 23.0 Å². The summed E-state index contributed by atoms with van der Waals surface area (Å²) in [6, 6.07) is 2.00. The van der Waals surface area contributed by atoms with E-state index in [1.54, 1.807) is 11.3 Å². The molecule has 0 spiro atoms. The molecule has 0 aliphatic heterocycles. The number of aliphatic carboxylic acids is 1. The molecular weight excluding hydrogens is 280 g/mol. The minimum absolute atomic E-state index is 0.429. The number of carbonyl (C=O) groups is 1. The van der Waals surface area contributed by atoms with Crippen LogP contribution in [0.5, 0.6) is 0 Å². The van der Waals surface area contributed by atoms with Gasteiger partial charge in [0.1, 0.15) is 5.25 Å². The van der Waals surface area contributed by atoms with Gasteiger partial charge in [-0.05, 0) is 17.9 Å². The third-order valence-electron chi connectivity index (χ3n) is 2.72. The zero-order valence-electron chi connectivity index (χ0n) is 10.6. The van der Waals surface area contributed by atoms with E-state index in [0.717, 1.165) is 24.1 Å². The lowest BCUT2D eigenvalue weighted by Crippen LogP contribution is -2.16. The summed E-state index contributed by atoms with van der Waals surface area (Å²) in [5.41, 5.74) is 1.93. The number of nitrogens with zero attached hydrogens (tertiary/aromatic N) is 1. The molecule has 4 nitrogen and oxygen atoms in total. The Labute approximate surface area is 120 Å². The highest BCUT2D eigenvalue weighted by Crippen LogP contribution is 2.27. The Morgan fingerprint density at radius 1 is 1.63 bits per heavy atom. The molecule has 0 aliphatic rings. The molecule has 0 aromatic carbocycles. The van der Waals surface area contributed by atoms with Crippen LogP contribution in [0.4, 0.5) is 0 Å². The minimum Gasteiger partial charge on any atom is -0.480 e. The number of H-pyrrole nitrogens is 1. The molecule has 2 N–H and O–H groups in total. The molecule has 0 radical (unpaired) electrons. The number of hydrogen-bond acceptors (Lipinski definition) is 4. The summed E-state index contributed by atoms with van der Waals surface area (Å²) in [5, 5.41) is 13.5. The number of rotatable bonds is 7. The molecule has 102 valence electrons. The number of unbranched alkanes of at least 4 members (excludes halogenated alkanes) is 1. The Morgan fingerprint density at radius 2 is 2.47 bits per heavy atom. The fourth-order valence-electron chi connectivity index (χ4n) is 1.68. The maximum Gasteiger partial charge on any atom is 0.317 e. The zero-order chi connectivity index (χ0) is 13.7. The normalized spacial score (nSPS) is 12.5. The van der Waals surface area contributed by atoms with Crippen molar-refractivity contribution in [3.63, 3.8) is 0 Å². The highest BCUT2D eigenvalue weighted by molar-refractivity contribution is 8.00. The maximum absolute atomic E-state index is 11.2. The number of thioether (sulfide) groups is 1. The first-order valence-corrected chi connectivity index (χ1v) is 8.00. The summed E-state index contributed by atoms with van der Waals surface area (Å²) in [6.07, 6.45) is 4.42. The van der Waals surface area contributed by atoms with E-state index in [2.05, 4.69) is 16.9 Å². The van der Waals surface area contributed by atoms with Crippen molar-refractivity contribution < 1.29 is 9.90 Å². The Bertz CT molecular complexity index is 522. The summed E-state index contributed by atoms with van der Waals surface area (Å²) in [4.78, 5) is 18.7. The smallest absolute Gasteiger partial charge is 0.317 e.